The van der Waals surface area contributed by atoms with Gasteiger partial charge < -0.3 is 6.53 Å². The smallest absolute Gasteiger partial charge is 1.00 e. The van der Waals surface area contributed by atoms with Gasteiger partial charge in [0.2, 0.25) is 0 Å². The number of aliphatic hydroxyl groups excluding tert-OH is 1. The van der Waals surface area contributed by atoms with Gasteiger partial charge in [-0.05, 0) is 24.7 Å². The van der Waals surface area contributed by atoms with Gasteiger partial charge in [-0.2, -0.15) is 0 Å². The third-order valence-corrected chi connectivity index (χ3v) is 2.48. The Kier molecular flexibility index (Phi) is 5.22. The zero-order valence-corrected chi connectivity index (χ0v) is 9.30. The van der Waals surface area contributed by atoms with Crippen molar-refractivity contribution in [2.45, 2.75) is 39.2 Å². The zero-order chi connectivity index (χ0) is 6.85. The monoisotopic (exact) mass is 152 g/mol. The van der Waals surface area contributed by atoms with E-state index in [9.17, 15) is 5.11 Å². The molecule has 0 aromatic carbocycles. The molecule has 1 aliphatic carbocycles. The molecule has 0 aromatic rings. The van der Waals surface area contributed by atoms with Crippen LogP contribution in [0.3, 0.4) is 0 Å². The minimum atomic E-state index is -0.0289. The van der Waals surface area contributed by atoms with Gasteiger partial charge in [-0.25, -0.2) is 0 Å². The van der Waals surface area contributed by atoms with E-state index >= 15 is 0 Å². The van der Waals surface area contributed by atoms with Crippen molar-refractivity contribution < 1.29 is 36.1 Å². The van der Waals surface area contributed by atoms with Gasteiger partial charge in [-0.15, -0.1) is 0 Å². The van der Waals surface area contributed by atoms with Crippen LogP contribution in [-0.4, -0.2) is 11.2 Å². The van der Waals surface area contributed by atoms with Gasteiger partial charge in [0.15, 0.2) is 0 Å². The molecule has 2 heteroatoms. The van der Waals surface area contributed by atoms with Crippen LogP contribution in [-0.2, 0) is 0 Å². The van der Waals surface area contributed by atoms with E-state index in [1.165, 1.54) is 19.3 Å². The van der Waals surface area contributed by atoms with E-state index in [1.54, 1.807) is 0 Å². The first kappa shape index (κ1) is 11.0. The quantitative estimate of drug-likeness (QED) is 0.438. The van der Waals surface area contributed by atoms with E-state index < -0.39 is 0 Å². The SMILES string of the molecule is CC1CCCC(C)C1O.[H-].[Na+]. The van der Waals surface area contributed by atoms with Crippen molar-refractivity contribution >= 4 is 0 Å². The molecule has 1 rings (SSSR count). The molecule has 2 atom stereocenters. The Labute approximate surface area is 87.0 Å². The van der Waals surface area contributed by atoms with Crippen molar-refractivity contribution in [3.8, 4) is 0 Å². The summed E-state index contributed by atoms with van der Waals surface area (Å²) in [5, 5.41) is 9.45. The van der Waals surface area contributed by atoms with Crippen LogP contribution in [0.4, 0.5) is 0 Å². The minimum absolute atomic E-state index is 0. The van der Waals surface area contributed by atoms with Crippen LogP contribution in [0.25, 0.3) is 0 Å². The molecule has 0 saturated heterocycles. The molecule has 0 bridgehead atoms. The standard InChI is InChI=1S/C8H16O.Na.H/c1-6-4-3-5-7(2)8(6)9;;/h6-9H,3-5H2,1-2H3;;/q;+1;-1. The largest absolute Gasteiger partial charge is 1.00 e. The van der Waals surface area contributed by atoms with Crippen LogP contribution in [0.15, 0.2) is 0 Å². The normalized spacial score (nSPS) is 40.5. The van der Waals surface area contributed by atoms with Crippen molar-refractivity contribution in [2.75, 3.05) is 0 Å². The summed E-state index contributed by atoms with van der Waals surface area (Å²) in [6.07, 6.45) is 3.70. The van der Waals surface area contributed by atoms with Crippen LogP contribution in [0.2, 0.25) is 0 Å². The molecule has 2 unspecified atom stereocenters. The van der Waals surface area contributed by atoms with E-state index in [4.69, 9.17) is 0 Å². The van der Waals surface area contributed by atoms with Crippen LogP contribution in [0, 0.1) is 11.8 Å². The molecule has 56 valence electrons. The summed E-state index contributed by atoms with van der Waals surface area (Å²) in [7, 11) is 0. The number of hydrogen-bond acceptors (Lipinski definition) is 1. The Morgan fingerprint density at radius 3 is 1.90 bits per heavy atom. The van der Waals surface area contributed by atoms with Crippen molar-refractivity contribution in [3.63, 3.8) is 0 Å². The molecule has 0 aliphatic heterocycles. The van der Waals surface area contributed by atoms with Crippen LogP contribution >= 0.6 is 0 Å². The summed E-state index contributed by atoms with van der Waals surface area (Å²) in [6.45, 7) is 4.28. The van der Waals surface area contributed by atoms with Gasteiger partial charge in [-0.1, -0.05) is 20.3 Å². The maximum absolute atomic E-state index is 9.45. The van der Waals surface area contributed by atoms with Crippen molar-refractivity contribution in [1.29, 1.82) is 0 Å². The van der Waals surface area contributed by atoms with Gasteiger partial charge in [-0.3, -0.25) is 0 Å². The Morgan fingerprint density at radius 1 is 1.20 bits per heavy atom. The maximum atomic E-state index is 9.45. The van der Waals surface area contributed by atoms with Gasteiger partial charge in [0.25, 0.3) is 0 Å². The van der Waals surface area contributed by atoms with E-state index in [2.05, 4.69) is 13.8 Å². The minimum Gasteiger partial charge on any atom is -1.00 e. The predicted molar refractivity (Wildman–Crippen MR) is 39.3 cm³/mol. The summed E-state index contributed by atoms with van der Waals surface area (Å²) in [5.74, 6) is 1.07. The third-order valence-electron chi connectivity index (χ3n) is 2.48. The Morgan fingerprint density at radius 2 is 1.60 bits per heavy atom. The number of rotatable bonds is 0. The van der Waals surface area contributed by atoms with E-state index in [-0.39, 0.29) is 37.1 Å². The molecular formula is C8H17NaO. The molecule has 0 spiro atoms. The van der Waals surface area contributed by atoms with Gasteiger partial charge in [0.1, 0.15) is 0 Å². The van der Waals surface area contributed by atoms with Gasteiger partial charge in [0, 0.05) is 0 Å². The molecule has 1 nitrogen and oxygen atoms in total. The van der Waals surface area contributed by atoms with Crippen molar-refractivity contribution in [2.24, 2.45) is 11.8 Å². The summed E-state index contributed by atoms with van der Waals surface area (Å²) < 4.78 is 0. The van der Waals surface area contributed by atoms with Gasteiger partial charge >= 0.3 is 29.6 Å². The molecule has 1 saturated carbocycles. The van der Waals surface area contributed by atoms with E-state index in [0.717, 1.165) is 0 Å². The average molecular weight is 152 g/mol. The Hall–Kier alpha value is 0.960. The topological polar surface area (TPSA) is 20.2 Å². The fourth-order valence-electron chi connectivity index (χ4n) is 1.66. The van der Waals surface area contributed by atoms with Crippen LogP contribution in [0.5, 0.6) is 0 Å². The number of hydrogen-bond donors (Lipinski definition) is 1. The maximum Gasteiger partial charge on any atom is 1.00 e. The summed E-state index contributed by atoms with van der Waals surface area (Å²) in [6, 6.07) is 0. The fraction of sp³-hybridized carbons (Fsp3) is 1.00. The van der Waals surface area contributed by atoms with E-state index in [1.807, 2.05) is 0 Å². The molecule has 0 heterocycles. The molecular weight excluding hydrogens is 135 g/mol. The molecule has 1 fully saturated rings. The fourth-order valence-corrected chi connectivity index (χ4v) is 1.66. The van der Waals surface area contributed by atoms with E-state index in [0.29, 0.717) is 11.8 Å². The first-order valence-electron chi connectivity index (χ1n) is 3.90. The summed E-state index contributed by atoms with van der Waals surface area (Å²) in [5.41, 5.74) is 0. The molecule has 0 amide bonds. The Bertz CT molecular complexity index is 90.1. The molecule has 1 aliphatic rings. The molecule has 0 radical (unpaired) electrons. The second kappa shape index (κ2) is 4.76. The predicted octanol–water partition coefficient (Wildman–Crippen LogP) is -1.08. The average Bonchev–Trinajstić information content (AvgIpc) is 1.83. The first-order chi connectivity index (χ1) is 4.22. The first-order valence-corrected chi connectivity index (χ1v) is 3.90. The van der Waals surface area contributed by atoms with Gasteiger partial charge in [0.05, 0.1) is 6.10 Å². The number of aliphatic hydroxyl groups is 1. The van der Waals surface area contributed by atoms with Crippen molar-refractivity contribution in [1.82, 2.24) is 0 Å². The van der Waals surface area contributed by atoms with Crippen LogP contribution in [0.1, 0.15) is 34.5 Å². The zero-order valence-electron chi connectivity index (χ0n) is 8.30. The summed E-state index contributed by atoms with van der Waals surface area (Å²) >= 11 is 0. The molecule has 10 heavy (non-hydrogen) atoms. The Balaban J connectivity index is 0. The summed E-state index contributed by atoms with van der Waals surface area (Å²) in [4.78, 5) is 0. The second-order valence-corrected chi connectivity index (χ2v) is 3.38. The third kappa shape index (κ3) is 2.54. The second-order valence-electron chi connectivity index (χ2n) is 3.38. The van der Waals surface area contributed by atoms with Crippen molar-refractivity contribution in [3.05, 3.63) is 0 Å². The molecule has 1 N–H and O–H groups in total. The molecule has 0 aromatic heterocycles. The van der Waals surface area contributed by atoms with Crippen LogP contribution < -0.4 is 29.6 Å².